The van der Waals surface area contributed by atoms with Gasteiger partial charge in [0.05, 0.1) is 6.54 Å². The van der Waals surface area contributed by atoms with E-state index in [1.54, 1.807) is 23.0 Å². The predicted molar refractivity (Wildman–Crippen MR) is 120 cm³/mol. The largest absolute Gasteiger partial charge is 0.485 e. The van der Waals surface area contributed by atoms with Gasteiger partial charge in [-0.1, -0.05) is 42.2 Å². The second kappa shape index (κ2) is 9.55. The lowest BCUT2D eigenvalue weighted by molar-refractivity contribution is 0.294. The van der Waals surface area contributed by atoms with Crippen LogP contribution in [0.1, 0.15) is 28.2 Å². The molecule has 2 aromatic carbocycles. The quantitative estimate of drug-likeness (QED) is 0.470. The molecule has 5 heteroatoms. The molecule has 0 bridgehead atoms. The Morgan fingerprint density at radius 3 is 2.23 bits per heavy atom. The fraction of sp³-hybridized carbons (Fsp3) is 0.115. The van der Waals surface area contributed by atoms with Crippen LogP contribution in [0.4, 0.5) is 0 Å². The Hall–Kier alpha value is -4.17. The highest BCUT2D eigenvalue weighted by atomic mass is 16.5. The van der Waals surface area contributed by atoms with E-state index >= 15 is 0 Å². The SMILES string of the molecule is Cc1cc(OCc2ncccn2)cc(=O)n1Cc1ccc(C#Cc2ccccc2)cc1. The van der Waals surface area contributed by atoms with Gasteiger partial charge in [0.2, 0.25) is 0 Å². The minimum Gasteiger partial charge on any atom is -0.485 e. The van der Waals surface area contributed by atoms with Crippen molar-refractivity contribution in [2.45, 2.75) is 20.1 Å². The summed E-state index contributed by atoms with van der Waals surface area (Å²) in [6.45, 7) is 2.60. The second-order valence-corrected chi connectivity index (χ2v) is 7.02. The van der Waals surface area contributed by atoms with E-state index < -0.39 is 0 Å². The second-order valence-electron chi connectivity index (χ2n) is 7.02. The van der Waals surface area contributed by atoms with Crippen molar-refractivity contribution in [1.29, 1.82) is 0 Å². The highest BCUT2D eigenvalue weighted by Crippen LogP contribution is 2.13. The number of benzene rings is 2. The summed E-state index contributed by atoms with van der Waals surface area (Å²) in [5.41, 5.74) is 3.65. The van der Waals surface area contributed by atoms with E-state index in [9.17, 15) is 4.79 Å². The first-order valence-electron chi connectivity index (χ1n) is 9.93. The van der Waals surface area contributed by atoms with E-state index in [0.717, 1.165) is 22.4 Å². The summed E-state index contributed by atoms with van der Waals surface area (Å²) >= 11 is 0. The Kier molecular flexibility index (Phi) is 6.20. The number of pyridine rings is 1. The van der Waals surface area contributed by atoms with E-state index in [0.29, 0.717) is 18.1 Å². The van der Waals surface area contributed by atoms with Crippen LogP contribution in [0.3, 0.4) is 0 Å². The third-order valence-corrected chi connectivity index (χ3v) is 4.72. The Morgan fingerprint density at radius 1 is 0.871 bits per heavy atom. The molecule has 0 amide bonds. The molecule has 4 rings (SSSR count). The Bertz CT molecular complexity index is 1270. The molecule has 31 heavy (non-hydrogen) atoms. The summed E-state index contributed by atoms with van der Waals surface area (Å²) in [6.07, 6.45) is 3.32. The van der Waals surface area contributed by atoms with Gasteiger partial charge in [0.1, 0.15) is 12.4 Å². The molecule has 0 atom stereocenters. The van der Waals surface area contributed by atoms with Crippen LogP contribution in [0.2, 0.25) is 0 Å². The number of hydrogen-bond acceptors (Lipinski definition) is 4. The first-order chi connectivity index (χ1) is 15.2. The molecule has 0 spiro atoms. The summed E-state index contributed by atoms with van der Waals surface area (Å²) in [7, 11) is 0. The molecule has 0 fully saturated rings. The van der Waals surface area contributed by atoms with Gasteiger partial charge in [-0.25, -0.2) is 9.97 Å². The summed E-state index contributed by atoms with van der Waals surface area (Å²) in [4.78, 5) is 20.9. The van der Waals surface area contributed by atoms with E-state index in [1.165, 1.54) is 6.07 Å². The molecule has 0 saturated heterocycles. The fourth-order valence-corrected chi connectivity index (χ4v) is 3.08. The van der Waals surface area contributed by atoms with Crippen molar-refractivity contribution >= 4 is 0 Å². The van der Waals surface area contributed by atoms with Crippen molar-refractivity contribution < 1.29 is 4.74 Å². The van der Waals surface area contributed by atoms with Gasteiger partial charge in [0.15, 0.2) is 5.82 Å². The summed E-state index contributed by atoms with van der Waals surface area (Å²) < 4.78 is 7.40. The van der Waals surface area contributed by atoms with Crippen molar-refractivity contribution in [3.05, 3.63) is 124 Å². The molecule has 0 saturated carbocycles. The molecule has 0 radical (unpaired) electrons. The van der Waals surface area contributed by atoms with Crippen molar-refractivity contribution in [1.82, 2.24) is 14.5 Å². The van der Waals surface area contributed by atoms with Crippen molar-refractivity contribution in [3.8, 4) is 17.6 Å². The van der Waals surface area contributed by atoms with Gasteiger partial charge >= 0.3 is 0 Å². The highest BCUT2D eigenvalue weighted by molar-refractivity contribution is 5.43. The Balaban J connectivity index is 1.44. The van der Waals surface area contributed by atoms with Crippen LogP contribution in [0, 0.1) is 18.8 Å². The smallest absolute Gasteiger partial charge is 0.254 e. The summed E-state index contributed by atoms with van der Waals surface area (Å²) in [5, 5.41) is 0. The van der Waals surface area contributed by atoms with Crippen LogP contribution in [-0.2, 0) is 13.2 Å². The standard InChI is InChI=1S/C26H21N3O2/c1-20-16-24(31-19-25-27-14-5-15-28-25)17-26(30)29(20)18-23-12-10-22(11-13-23)9-8-21-6-3-2-4-7-21/h2-7,10-17H,18-19H2,1H3. The minimum atomic E-state index is -0.114. The van der Waals surface area contributed by atoms with Gasteiger partial charge in [-0.3, -0.25) is 4.79 Å². The molecule has 0 aliphatic rings. The lowest BCUT2D eigenvalue weighted by Crippen LogP contribution is -2.22. The topological polar surface area (TPSA) is 57.0 Å². The molecule has 4 aromatic rings. The first kappa shape index (κ1) is 20.1. The maximum atomic E-state index is 12.6. The van der Waals surface area contributed by atoms with Gasteiger partial charge in [-0.15, -0.1) is 0 Å². The third-order valence-electron chi connectivity index (χ3n) is 4.72. The summed E-state index contributed by atoms with van der Waals surface area (Å²) in [6, 6.07) is 22.9. The maximum Gasteiger partial charge on any atom is 0.254 e. The van der Waals surface area contributed by atoms with Gasteiger partial charge < -0.3 is 9.30 Å². The molecule has 0 aliphatic carbocycles. The average Bonchev–Trinajstić information content (AvgIpc) is 2.81. The maximum absolute atomic E-state index is 12.6. The predicted octanol–water partition coefficient (Wildman–Crippen LogP) is 3.97. The van der Waals surface area contributed by atoms with Crippen LogP contribution in [0.5, 0.6) is 5.75 Å². The number of rotatable bonds is 5. The number of aromatic nitrogens is 3. The Morgan fingerprint density at radius 2 is 1.55 bits per heavy atom. The number of nitrogens with zero attached hydrogens (tertiary/aromatic N) is 3. The fourth-order valence-electron chi connectivity index (χ4n) is 3.08. The van der Waals surface area contributed by atoms with Crippen LogP contribution < -0.4 is 10.3 Å². The number of hydrogen-bond donors (Lipinski definition) is 0. The van der Waals surface area contributed by atoms with E-state index in [2.05, 4.69) is 21.8 Å². The zero-order chi connectivity index (χ0) is 21.5. The number of ether oxygens (including phenoxy) is 1. The zero-order valence-corrected chi connectivity index (χ0v) is 17.2. The van der Waals surface area contributed by atoms with Gasteiger partial charge in [-0.05, 0) is 48.9 Å². The molecule has 0 aliphatic heterocycles. The van der Waals surface area contributed by atoms with Gasteiger partial charge in [-0.2, -0.15) is 0 Å². The average molecular weight is 407 g/mol. The van der Waals surface area contributed by atoms with Crippen molar-refractivity contribution in [2.24, 2.45) is 0 Å². The van der Waals surface area contributed by atoms with Gasteiger partial charge in [0, 0.05) is 35.3 Å². The van der Waals surface area contributed by atoms with Crippen LogP contribution in [0.25, 0.3) is 0 Å². The molecular weight excluding hydrogens is 386 g/mol. The van der Waals surface area contributed by atoms with E-state index in [1.807, 2.05) is 67.6 Å². The van der Waals surface area contributed by atoms with Crippen LogP contribution in [-0.4, -0.2) is 14.5 Å². The van der Waals surface area contributed by atoms with Crippen molar-refractivity contribution in [2.75, 3.05) is 0 Å². The van der Waals surface area contributed by atoms with Crippen LogP contribution in [0.15, 0.2) is 90.0 Å². The summed E-state index contributed by atoms with van der Waals surface area (Å²) in [5.74, 6) is 7.40. The lowest BCUT2D eigenvalue weighted by atomic mass is 10.1. The molecule has 0 unspecified atom stereocenters. The molecule has 2 heterocycles. The van der Waals surface area contributed by atoms with Crippen LogP contribution >= 0.6 is 0 Å². The lowest BCUT2D eigenvalue weighted by Gasteiger charge is -2.12. The number of aryl methyl sites for hydroxylation is 1. The molecule has 0 N–H and O–H groups in total. The normalized spacial score (nSPS) is 10.2. The first-order valence-corrected chi connectivity index (χ1v) is 9.93. The van der Waals surface area contributed by atoms with Crippen molar-refractivity contribution in [3.63, 3.8) is 0 Å². The highest BCUT2D eigenvalue weighted by Gasteiger charge is 2.06. The van der Waals surface area contributed by atoms with Gasteiger partial charge in [0.25, 0.3) is 5.56 Å². The third kappa shape index (κ3) is 5.46. The molecular formula is C26H21N3O2. The Labute approximate surface area is 181 Å². The van der Waals surface area contributed by atoms with E-state index in [-0.39, 0.29) is 12.2 Å². The van der Waals surface area contributed by atoms with E-state index in [4.69, 9.17) is 4.74 Å². The molecule has 152 valence electrons. The zero-order valence-electron chi connectivity index (χ0n) is 17.2. The monoisotopic (exact) mass is 407 g/mol. The minimum absolute atomic E-state index is 0.114. The molecule has 2 aromatic heterocycles. The molecule has 5 nitrogen and oxygen atoms in total.